The van der Waals surface area contributed by atoms with E-state index in [0.29, 0.717) is 0 Å². The lowest BCUT2D eigenvalue weighted by atomic mass is 10.1. The Balaban J connectivity index is 2.31. The van der Waals surface area contributed by atoms with E-state index >= 15 is 0 Å². The lowest BCUT2D eigenvalue weighted by molar-refractivity contribution is 0.674. The average molecular weight is 261 g/mol. The van der Waals surface area contributed by atoms with Crippen LogP contribution < -0.4 is 0 Å². The highest BCUT2D eigenvalue weighted by atomic mass is 32.2. The van der Waals surface area contributed by atoms with Crippen LogP contribution in [0.15, 0.2) is 52.1 Å². The predicted octanol–water partition coefficient (Wildman–Crippen LogP) is 3.51. The SMILES string of the molecule is N#CCC(c1ccccc1)S(=O)c1cccs1. The molecule has 0 radical (unpaired) electrons. The molecule has 2 atom stereocenters. The second-order valence-electron chi connectivity index (χ2n) is 3.49. The molecule has 1 aromatic carbocycles. The Morgan fingerprint density at radius 2 is 2.00 bits per heavy atom. The van der Waals surface area contributed by atoms with Crippen molar-refractivity contribution in [3.63, 3.8) is 0 Å². The van der Waals surface area contributed by atoms with E-state index in [2.05, 4.69) is 6.07 Å². The molecule has 86 valence electrons. The quantitative estimate of drug-likeness (QED) is 0.845. The van der Waals surface area contributed by atoms with Crippen molar-refractivity contribution in [3.8, 4) is 6.07 Å². The van der Waals surface area contributed by atoms with Gasteiger partial charge in [0.2, 0.25) is 0 Å². The van der Waals surface area contributed by atoms with Crippen LogP contribution in [0.4, 0.5) is 0 Å². The van der Waals surface area contributed by atoms with Crippen LogP contribution in [0.1, 0.15) is 17.2 Å². The Morgan fingerprint density at radius 1 is 1.24 bits per heavy atom. The summed E-state index contributed by atoms with van der Waals surface area (Å²) in [4.78, 5) is 0. The summed E-state index contributed by atoms with van der Waals surface area (Å²) in [6.07, 6.45) is 0.272. The molecule has 2 aromatic rings. The molecule has 0 amide bonds. The van der Waals surface area contributed by atoms with Gasteiger partial charge in [0, 0.05) is 0 Å². The van der Waals surface area contributed by atoms with Crippen molar-refractivity contribution < 1.29 is 4.21 Å². The molecule has 4 heteroatoms. The molecule has 0 spiro atoms. The summed E-state index contributed by atoms with van der Waals surface area (Å²) in [6.45, 7) is 0. The van der Waals surface area contributed by atoms with Crippen molar-refractivity contribution in [3.05, 3.63) is 53.4 Å². The van der Waals surface area contributed by atoms with Crippen molar-refractivity contribution in [1.82, 2.24) is 0 Å². The van der Waals surface area contributed by atoms with E-state index in [4.69, 9.17) is 5.26 Å². The van der Waals surface area contributed by atoms with E-state index in [1.807, 2.05) is 47.8 Å². The molecule has 0 aliphatic carbocycles. The number of hydrogen-bond acceptors (Lipinski definition) is 3. The zero-order chi connectivity index (χ0) is 12.1. The van der Waals surface area contributed by atoms with E-state index in [0.717, 1.165) is 9.77 Å². The first kappa shape index (κ1) is 12.0. The fourth-order valence-electron chi connectivity index (χ4n) is 1.59. The van der Waals surface area contributed by atoms with Gasteiger partial charge in [-0.15, -0.1) is 11.3 Å². The molecule has 2 rings (SSSR count). The van der Waals surface area contributed by atoms with E-state index < -0.39 is 10.8 Å². The molecule has 0 N–H and O–H groups in total. The summed E-state index contributed by atoms with van der Waals surface area (Å²) in [5, 5.41) is 10.5. The maximum Gasteiger partial charge on any atom is 0.0917 e. The third-order valence-electron chi connectivity index (χ3n) is 2.40. The zero-order valence-corrected chi connectivity index (χ0v) is 10.7. The van der Waals surface area contributed by atoms with Gasteiger partial charge >= 0.3 is 0 Å². The van der Waals surface area contributed by atoms with E-state index in [9.17, 15) is 4.21 Å². The van der Waals surface area contributed by atoms with Gasteiger partial charge in [-0.05, 0) is 17.0 Å². The molecule has 0 saturated carbocycles. The highest BCUT2D eigenvalue weighted by Crippen LogP contribution is 2.30. The highest BCUT2D eigenvalue weighted by Gasteiger charge is 2.20. The van der Waals surface area contributed by atoms with Gasteiger partial charge in [0.1, 0.15) is 0 Å². The topological polar surface area (TPSA) is 40.9 Å². The Morgan fingerprint density at radius 3 is 2.59 bits per heavy atom. The third kappa shape index (κ3) is 2.82. The average Bonchev–Trinajstić information content (AvgIpc) is 2.90. The monoisotopic (exact) mass is 261 g/mol. The van der Waals surface area contributed by atoms with Gasteiger partial charge in [-0.3, -0.25) is 4.21 Å². The maximum absolute atomic E-state index is 12.4. The van der Waals surface area contributed by atoms with Crippen LogP contribution >= 0.6 is 11.3 Å². The Bertz CT molecular complexity index is 528. The van der Waals surface area contributed by atoms with Gasteiger partial charge in [0.15, 0.2) is 0 Å². The summed E-state index contributed by atoms with van der Waals surface area (Å²) >= 11 is 1.47. The minimum Gasteiger partial charge on any atom is -0.253 e. The minimum absolute atomic E-state index is 0.236. The van der Waals surface area contributed by atoms with Gasteiger partial charge in [0.25, 0.3) is 0 Å². The van der Waals surface area contributed by atoms with Crippen LogP contribution in [-0.4, -0.2) is 4.21 Å². The standard InChI is InChI=1S/C13H11NOS2/c14-9-8-12(11-5-2-1-3-6-11)17(15)13-7-4-10-16-13/h1-7,10,12H,8H2. The van der Waals surface area contributed by atoms with Crippen molar-refractivity contribution >= 4 is 22.1 Å². The number of nitrogens with zero attached hydrogens (tertiary/aromatic N) is 1. The Kier molecular flexibility index (Phi) is 4.08. The lowest BCUT2D eigenvalue weighted by Gasteiger charge is -2.12. The van der Waals surface area contributed by atoms with Gasteiger partial charge < -0.3 is 0 Å². The number of rotatable bonds is 4. The van der Waals surface area contributed by atoms with E-state index in [1.54, 1.807) is 0 Å². The second kappa shape index (κ2) is 5.76. The molecule has 0 bridgehead atoms. The number of thiophene rings is 1. The molecule has 1 aromatic heterocycles. The molecular formula is C13H11NOS2. The molecule has 0 aliphatic rings. The molecule has 0 fully saturated rings. The van der Waals surface area contributed by atoms with Gasteiger partial charge in [-0.1, -0.05) is 36.4 Å². The normalized spacial score (nSPS) is 13.8. The van der Waals surface area contributed by atoms with E-state index in [1.165, 1.54) is 11.3 Å². The zero-order valence-electron chi connectivity index (χ0n) is 9.08. The molecule has 0 saturated heterocycles. The van der Waals surface area contributed by atoms with Crippen LogP contribution in [0.3, 0.4) is 0 Å². The van der Waals surface area contributed by atoms with Crippen LogP contribution in [0, 0.1) is 11.3 Å². The number of hydrogen-bond donors (Lipinski definition) is 0. The van der Waals surface area contributed by atoms with Crippen molar-refractivity contribution in [2.45, 2.75) is 15.9 Å². The Labute approximate surface area is 107 Å². The summed E-state index contributed by atoms with van der Waals surface area (Å²) < 4.78 is 13.2. The van der Waals surface area contributed by atoms with Crippen LogP contribution in [-0.2, 0) is 10.8 Å². The largest absolute Gasteiger partial charge is 0.253 e. The van der Waals surface area contributed by atoms with Crippen molar-refractivity contribution in [1.29, 1.82) is 5.26 Å². The number of nitriles is 1. The van der Waals surface area contributed by atoms with Crippen molar-refractivity contribution in [2.75, 3.05) is 0 Å². The van der Waals surface area contributed by atoms with Gasteiger partial charge in [-0.25, -0.2) is 0 Å². The molecule has 2 unspecified atom stereocenters. The van der Waals surface area contributed by atoms with Crippen LogP contribution in [0.25, 0.3) is 0 Å². The predicted molar refractivity (Wildman–Crippen MR) is 70.1 cm³/mol. The highest BCUT2D eigenvalue weighted by molar-refractivity contribution is 7.87. The van der Waals surface area contributed by atoms with Gasteiger partial charge in [0.05, 0.1) is 32.7 Å². The molecular weight excluding hydrogens is 250 g/mol. The molecule has 17 heavy (non-hydrogen) atoms. The summed E-state index contributed by atoms with van der Waals surface area (Å²) in [7, 11) is -1.14. The van der Waals surface area contributed by atoms with Crippen LogP contribution in [0.2, 0.25) is 0 Å². The molecule has 1 heterocycles. The number of benzene rings is 1. The second-order valence-corrected chi connectivity index (χ2v) is 6.30. The first-order valence-electron chi connectivity index (χ1n) is 5.19. The van der Waals surface area contributed by atoms with Crippen molar-refractivity contribution in [2.24, 2.45) is 0 Å². The summed E-state index contributed by atoms with van der Waals surface area (Å²) in [5.74, 6) is 0. The minimum atomic E-state index is -1.14. The fraction of sp³-hybridized carbons (Fsp3) is 0.154. The van der Waals surface area contributed by atoms with Crippen LogP contribution in [0.5, 0.6) is 0 Å². The first-order valence-corrected chi connectivity index (χ1v) is 7.28. The lowest BCUT2D eigenvalue weighted by Crippen LogP contribution is -2.05. The van der Waals surface area contributed by atoms with E-state index in [-0.39, 0.29) is 11.7 Å². The maximum atomic E-state index is 12.4. The smallest absolute Gasteiger partial charge is 0.0917 e. The Hall–Kier alpha value is -1.44. The van der Waals surface area contributed by atoms with Gasteiger partial charge in [-0.2, -0.15) is 5.26 Å². The fourth-order valence-corrected chi connectivity index (χ4v) is 4.05. The summed E-state index contributed by atoms with van der Waals surface area (Å²) in [5.41, 5.74) is 0.959. The molecule has 2 nitrogen and oxygen atoms in total. The first-order chi connectivity index (χ1) is 8.33. The molecule has 0 aliphatic heterocycles. The third-order valence-corrected chi connectivity index (χ3v) is 5.33. The summed E-state index contributed by atoms with van der Waals surface area (Å²) in [6, 6.07) is 15.4.